The highest BCUT2D eigenvalue weighted by Gasteiger charge is 2.15. The fourth-order valence-corrected chi connectivity index (χ4v) is 1.16. The van der Waals surface area contributed by atoms with Crippen molar-refractivity contribution in [1.29, 1.82) is 0 Å². The molecule has 1 amide bonds. The number of rotatable bonds is 4. The number of methoxy groups -OCH3 is 1. The molecule has 0 aliphatic heterocycles. The summed E-state index contributed by atoms with van der Waals surface area (Å²) in [5.74, 6) is 0.0511. The fourth-order valence-electron chi connectivity index (χ4n) is 1.05. The molecule has 0 radical (unpaired) electrons. The lowest BCUT2D eigenvalue weighted by molar-refractivity contribution is -0.117. The molecule has 0 bridgehead atoms. The van der Waals surface area contributed by atoms with Crippen LogP contribution in [0.2, 0.25) is 0 Å². The molecule has 1 aromatic carbocycles. The Morgan fingerprint density at radius 3 is 2.44 bits per heavy atom. The van der Waals surface area contributed by atoms with E-state index in [-0.39, 0.29) is 10.9 Å². The highest BCUT2D eigenvalue weighted by Crippen LogP contribution is 2.15. The maximum absolute atomic E-state index is 11.6. The Labute approximate surface area is 99.8 Å². The average Bonchev–Trinajstić information content (AvgIpc) is 2.28. The molecule has 0 spiro atoms. The van der Waals surface area contributed by atoms with Crippen molar-refractivity contribution in [2.45, 2.75) is 6.92 Å². The lowest BCUT2D eigenvalue weighted by atomic mass is 10.1. The van der Waals surface area contributed by atoms with Gasteiger partial charge in [-0.25, -0.2) is 0 Å². The maximum atomic E-state index is 11.6. The van der Waals surface area contributed by atoms with Crippen LogP contribution >= 0.6 is 12.2 Å². The molecule has 4 nitrogen and oxygen atoms in total. The lowest BCUT2D eigenvalue weighted by Gasteiger charge is -2.10. The van der Waals surface area contributed by atoms with E-state index in [0.717, 1.165) is 5.75 Å². The Morgan fingerprint density at radius 2 is 2.00 bits per heavy atom. The number of nitrogens with two attached hydrogens (primary N) is 1. The minimum absolute atomic E-state index is 0.186. The molecular formula is C11H14N2O2S. The Balaban J connectivity index is 2.66. The van der Waals surface area contributed by atoms with Crippen LogP contribution in [-0.4, -0.2) is 18.0 Å². The predicted octanol–water partition coefficient (Wildman–Crippen LogP) is 1.56. The average molecular weight is 238 g/mol. The van der Waals surface area contributed by atoms with E-state index >= 15 is 0 Å². The Hall–Kier alpha value is -1.62. The van der Waals surface area contributed by atoms with E-state index < -0.39 is 5.92 Å². The van der Waals surface area contributed by atoms with E-state index in [4.69, 9.17) is 22.7 Å². The summed E-state index contributed by atoms with van der Waals surface area (Å²) in [6.45, 7) is 1.67. The predicted molar refractivity (Wildman–Crippen MR) is 67.6 cm³/mol. The second-order valence-electron chi connectivity index (χ2n) is 3.34. The van der Waals surface area contributed by atoms with Crippen molar-refractivity contribution >= 4 is 28.8 Å². The molecule has 3 N–H and O–H groups in total. The SMILES string of the molecule is COc1ccc(NC(=O)C(C)C(N)=S)cc1. The number of hydrogen-bond acceptors (Lipinski definition) is 3. The summed E-state index contributed by atoms with van der Waals surface area (Å²) in [6, 6.07) is 7.04. The van der Waals surface area contributed by atoms with E-state index in [1.165, 1.54) is 0 Å². The summed E-state index contributed by atoms with van der Waals surface area (Å²) < 4.78 is 5.01. The van der Waals surface area contributed by atoms with E-state index in [1.807, 2.05) is 0 Å². The normalized spacial score (nSPS) is 11.6. The van der Waals surface area contributed by atoms with Crippen LogP contribution in [0.3, 0.4) is 0 Å². The number of nitrogens with one attached hydrogen (secondary N) is 1. The van der Waals surface area contributed by atoms with Gasteiger partial charge in [-0.2, -0.15) is 0 Å². The van der Waals surface area contributed by atoms with Gasteiger partial charge in [-0.3, -0.25) is 4.79 Å². The van der Waals surface area contributed by atoms with Crippen LogP contribution in [0.25, 0.3) is 0 Å². The molecule has 1 aromatic rings. The van der Waals surface area contributed by atoms with Gasteiger partial charge in [0.2, 0.25) is 5.91 Å². The third-order valence-electron chi connectivity index (χ3n) is 2.18. The molecule has 0 saturated carbocycles. The number of amides is 1. The highest BCUT2D eigenvalue weighted by molar-refractivity contribution is 7.80. The van der Waals surface area contributed by atoms with Crippen LogP contribution in [0.1, 0.15) is 6.92 Å². The summed E-state index contributed by atoms with van der Waals surface area (Å²) in [7, 11) is 1.59. The van der Waals surface area contributed by atoms with Gasteiger partial charge in [-0.1, -0.05) is 12.2 Å². The fraction of sp³-hybridized carbons (Fsp3) is 0.273. The first-order valence-electron chi connectivity index (χ1n) is 4.79. The van der Waals surface area contributed by atoms with E-state index in [2.05, 4.69) is 5.32 Å². The zero-order chi connectivity index (χ0) is 12.1. The van der Waals surface area contributed by atoms with E-state index in [1.54, 1.807) is 38.3 Å². The van der Waals surface area contributed by atoms with Gasteiger partial charge in [0.1, 0.15) is 5.75 Å². The minimum Gasteiger partial charge on any atom is -0.497 e. The van der Waals surface area contributed by atoms with Crippen LogP contribution in [-0.2, 0) is 4.79 Å². The Kier molecular flexibility index (Phi) is 4.25. The largest absolute Gasteiger partial charge is 0.497 e. The van der Waals surface area contributed by atoms with Gasteiger partial charge in [-0.15, -0.1) is 0 Å². The van der Waals surface area contributed by atoms with E-state index in [9.17, 15) is 4.79 Å². The van der Waals surface area contributed by atoms with Crippen molar-refractivity contribution in [2.24, 2.45) is 11.7 Å². The number of anilines is 1. The van der Waals surface area contributed by atoms with Gasteiger partial charge >= 0.3 is 0 Å². The van der Waals surface area contributed by atoms with Crippen molar-refractivity contribution in [3.8, 4) is 5.75 Å². The van der Waals surface area contributed by atoms with Crippen LogP contribution in [0.4, 0.5) is 5.69 Å². The first-order chi connectivity index (χ1) is 7.54. The maximum Gasteiger partial charge on any atom is 0.234 e. The lowest BCUT2D eigenvalue weighted by Crippen LogP contribution is -2.30. The number of thiocarbonyl (C=S) groups is 1. The first-order valence-corrected chi connectivity index (χ1v) is 5.19. The monoisotopic (exact) mass is 238 g/mol. The molecule has 0 aliphatic rings. The molecule has 86 valence electrons. The molecule has 1 atom stereocenters. The Bertz CT molecular complexity index is 389. The molecule has 0 fully saturated rings. The highest BCUT2D eigenvalue weighted by atomic mass is 32.1. The summed E-state index contributed by atoms with van der Waals surface area (Å²) in [6.07, 6.45) is 0. The van der Waals surface area contributed by atoms with Gasteiger partial charge in [0.15, 0.2) is 0 Å². The van der Waals surface area contributed by atoms with Gasteiger partial charge in [0.05, 0.1) is 18.0 Å². The van der Waals surface area contributed by atoms with Crippen LogP contribution in [0.15, 0.2) is 24.3 Å². The standard InChI is InChI=1S/C11H14N2O2S/c1-7(10(12)16)11(14)13-8-3-5-9(15-2)6-4-8/h3-7H,1-2H3,(H2,12,16)(H,13,14). The van der Waals surface area contributed by atoms with Crippen molar-refractivity contribution in [2.75, 3.05) is 12.4 Å². The molecule has 1 unspecified atom stereocenters. The second kappa shape index (κ2) is 5.46. The summed E-state index contributed by atoms with van der Waals surface area (Å²) in [5.41, 5.74) is 6.08. The van der Waals surface area contributed by atoms with Crippen molar-refractivity contribution in [3.05, 3.63) is 24.3 Å². The summed E-state index contributed by atoms with van der Waals surface area (Å²) in [4.78, 5) is 11.8. The van der Waals surface area contributed by atoms with Crippen LogP contribution in [0, 0.1) is 5.92 Å². The third-order valence-corrected chi connectivity index (χ3v) is 2.53. The van der Waals surface area contributed by atoms with Crippen LogP contribution in [0.5, 0.6) is 5.75 Å². The van der Waals surface area contributed by atoms with Gasteiger partial charge in [0, 0.05) is 5.69 Å². The molecule has 0 aliphatic carbocycles. The zero-order valence-electron chi connectivity index (χ0n) is 9.19. The number of hydrogen-bond donors (Lipinski definition) is 2. The molecule has 0 saturated heterocycles. The van der Waals surface area contributed by atoms with Crippen molar-refractivity contribution in [3.63, 3.8) is 0 Å². The van der Waals surface area contributed by atoms with Crippen molar-refractivity contribution in [1.82, 2.24) is 0 Å². The van der Waals surface area contributed by atoms with Crippen molar-refractivity contribution < 1.29 is 9.53 Å². The third kappa shape index (κ3) is 3.20. The number of ether oxygens (including phenoxy) is 1. The molecule has 16 heavy (non-hydrogen) atoms. The topological polar surface area (TPSA) is 64.3 Å². The first kappa shape index (κ1) is 12.4. The van der Waals surface area contributed by atoms with Crippen LogP contribution < -0.4 is 15.8 Å². The smallest absolute Gasteiger partial charge is 0.234 e. The molecular weight excluding hydrogens is 224 g/mol. The quantitative estimate of drug-likeness (QED) is 0.781. The number of carbonyl (C=O) groups excluding carboxylic acids is 1. The second-order valence-corrected chi connectivity index (χ2v) is 3.81. The van der Waals surface area contributed by atoms with E-state index in [0.29, 0.717) is 5.69 Å². The summed E-state index contributed by atoms with van der Waals surface area (Å²) in [5, 5.41) is 2.71. The zero-order valence-corrected chi connectivity index (χ0v) is 10.0. The van der Waals surface area contributed by atoms with Gasteiger partial charge in [-0.05, 0) is 31.2 Å². The minimum atomic E-state index is -0.475. The summed E-state index contributed by atoms with van der Waals surface area (Å²) >= 11 is 4.75. The molecule has 1 rings (SSSR count). The molecule has 0 heterocycles. The Morgan fingerprint density at radius 1 is 1.44 bits per heavy atom. The molecule has 0 aromatic heterocycles. The number of carbonyl (C=O) groups is 1. The number of benzene rings is 1. The van der Waals surface area contributed by atoms with Gasteiger partial charge in [0.25, 0.3) is 0 Å². The van der Waals surface area contributed by atoms with Gasteiger partial charge < -0.3 is 15.8 Å². The molecule has 5 heteroatoms.